The molecule has 0 saturated carbocycles. The first-order chi connectivity index (χ1) is 6.74. The highest BCUT2D eigenvalue weighted by atomic mass is 35.5. The Morgan fingerprint density at radius 2 is 2.21 bits per heavy atom. The maximum absolute atomic E-state index is 6.14. The second-order valence-electron chi connectivity index (χ2n) is 3.09. The lowest BCUT2D eigenvalue weighted by molar-refractivity contribution is 1.31. The summed E-state index contributed by atoms with van der Waals surface area (Å²) >= 11 is 7.85. The number of benzene rings is 1. The lowest BCUT2D eigenvalue weighted by Gasteiger charge is -2.07. The highest BCUT2D eigenvalue weighted by molar-refractivity contribution is 7.98. The molecule has 0 fully saturated rings. The second-order valence-corrected chi connectivity index (χ2v) is 4.34. The van der Waals surface area contributed by atoms with Gasteiger partial charge in [-0.2, -0.15) is 0 Å². The number of aryl methyl sites for hydroxylation is 1. The molecule has 0 spiro atoms. The van der Waals surface area contributed by atoms with Crippen molar-refractivity contribution in [3.05, 3.63) is 35.0 Å². The van der Waals surface area contributed by atoms with E-state index in [0.717, 1.165) is 15.9 Å². The molecular weight excluding hydrogens is 214 g/mol. The van der Waals surface area contributed by atoms with Crippen LogP contribution in [0.4, 0.5) is 0 Å². The summed E-state index contributed by atoms with van der Waals surface area (Å²) in [5, 5.41) is 1.87. The second kappa shape index (κ2) is 3.79. The van der Waals surface area contributed by atoms with Crippen LogP contribution in [0.5, 0.6) is 0 Å². The van der Waals surface area contributed by atoms with Gasteiger partial charge in [0.25, 0.3) is 0 Å². The fourth-order valence-electron chi connectivity index (χ4n) is 1.53. The van der Waals surface area contributed by atoms with E-state index >= 15 is 0 Å². The number of halogens is 1. The summed E-state index contributed by atoms with van der Waals surface area (Å²) in [6, 6.07) is 5.98. The van der Waals surface area contributed by atoms with Gasteiger partial charge < -0.3 is 0 Å². The summed E-state index contributed by atoms with van der Waals surface area (Å²) < 4.78 is 0. The molecule has 0 N–H and O–H groups in total. The third-order valence-corrected chi connectivity index (χ3v) is 3.44. The van der Waals surface area contributed by atoms with Crippen LogP contribution in [0.1, 0.15) is 5.56 Å². The molecule has 0 aliphatic heterocycles. The van der Waals surface area contributed by atoms with Crippen LogP contribution in [-0.2, 0) is 0 Å². The Bertz CT molecular complexity index is 482. The van der Waals surface area contributed by atoms with Crippen molar-refractivity contribution in [2.75, 3.05) is 6.26 Å². The first kappa shape index (κ1) is 9.81. The minimum Gasteiger partial charge on any atom is -0.255 e. The normalized spacial score (nSPS) is 10.8. The van der Waals surface area contributed by atoms with Gasteiger partial charge in [-0.05, 0) is 30.9 Å². The van der Waals surface area contributed by atoms with E-state index in [1.165, 1.54) is 10.5 Å². The van der Waals surface area contributed by atoms with Gasteiger partial charge in [0.1, 0.15) is 0 Å². The quantitative estimate of drug-likeness (QED) is 0.680. The Labute approximate surface area is 92.5 Å². The molecule has 0 aliphatic rings. The molecule has 72 valence electrons. The molecule has 1 aromatic carbocycles. The van der Waals surface area contributed by atoms with Gasteiger partial charge in [-0.3, -0.25) is 4.98 Å². The predicted octanol–water partition coefficient (Wildman–Crippen LogP) is 3.92. The van der Waals surface area contributed by atoms with Gasteiger partial charge in [-0.25, -0.2) is 0 Å². The van der Waals surface area contributed by atoms with Crippen molar-refractivity contribution in [2.45, 2.75) is 11.8 Å². The minimum absolute atomic E-state index is 0.732. The van der Waals surface area contributed by atoms with Gasteiger partial charge in [-0.15, -0.1) is 11.8 Å². The van der Waals surface area contributed by atoms with Crippen LogP contribution in [0.2, 0.25) is 5.02 Å². The summed E-state index contributed by atoms with van der Waals surface area (Å²) in [7, 11) is 0. The van der Waals surface area contributed by atoms with E-state index in [2.05, 4.69) is 24.2 Å². The van der Waals surface area contributed by atoms with E-state index in [4.69, 9.17) is 11.6 Å². The molecule has 0 atom stereocenters. The highest BCUT2D eigenvalue weighted by Crippen LogP contribution is 2.31. The Kier molecular flexibility index (Phi) is 2.66. The highest BCUT2D eigenvalue weighted by Gasteiger charge is 2.07. The fourth-order valence-corrected chi connectivity index (χ4v) is 2.51. The third kappa shape index (κ3) is 1.49. The van der Waals surface area contributed by atoms with E-state index in [9.17, 15) is 0 Å². The number of pyridine rings is 1. The van der Waals surface area contributed by atoms with Crippen molar-refractivity contribution >= 4 is 34.3 Å². The maximum Gasteiger partial charge on any atom is 0.0891 e. The van der Waals surface area contributed by atoms with Crippen LogP contribution < -0.4 is 0 Å². The van der Waals surface area contributed by atoms with E-state index in [1.54, 1.807) is 18.0 Å². The number of thioether (sulfide) groups is 1. The number of nitrogens with zero attached hydrogens (tertiary/aromatic N) is 1. The molecule has 1 aromatic heterocycles. The number of aromatic nitrogens is 1. The maximum atomic E-state index is 6.14. The van der Waals surface area contributed by atoms with Gasteiger partial charge in [-0.1, -0.05) is 17.7 Å². The lowest BCUT2D eigenvalue weighted by Crippen LogP contribution is -1.86. The topological polar surface area (TPSA) is 12.9 Å². The zero-order valence-electron chi connectivity index (χ0n) is 8.04. The molecule has 1 heterocycles. The van der Waals surface area contributed by atoms with Gasteiger partial charge in [0.15, 0.2) is 0 Å². The number of hydrogen-bond acceptors (Lipinski definition) is 2. The van der Waals surface area contributed by atoms with Gasteiger partial charge in [0.2, 0.25) is 0 Å². The Morgan fingerprint density at radius 1 is 1.43 bits per heavy atom. The SMILES string of the molecule is CSc1cc(Cl)c2ncccc2c1C. The molecule has 2 rings (SSSR count). The molecule has 0 unspecified atom stereocenters. The average Bonchev–Trinajstić information content (AvgIpc) is 2.23. The Hall–Kier alpha value is -0.730. The monoisotopic (exact) mass is 223 g/mol. The van der Waals surface area contributed by atoms with Crippen LogP contribution in [0.15, 0.2) is 29.3 Å². The summed E-state index contributed by atoms with van der Waals surface area (Å²) in [4.78, 5) is 5.49. The smallest absolute Gasteiger partial charge is 0.0891 e. The zero-order valence-corrected chi connectivity index (χ0v) is 9.62. The number of fused-ring (bicyclic) bond motifs is 1. The molecule has 2 aromatic rings. The molecule has 1 nitrogen and oxygen atoms in total. The van der Waals surface area contributed by atoms with E-state index < -0.39 is 0 Å². The van der Waals surface area contributed by atoms with Crippen LogP contribution >= 0.6 is 23.4 Å². The van der Waals surface area contributed by atoms with E-state index in [-0.39, 0.29) is 0 Å². The van der Waals surface area contributed by atoms with Crippen LogP contribution in [-0.4, -0.2) is 11.2 Å². The van der Waals surface area contributed by atoms with Crippen molar-refractivity contribution in [1.82, 2.24) is 4.98 Å². The molecule has 0 saturated heterocycles. The molecule has 0 aliphatic carbocycles. The molecular formula is C11H10ClNS. The van der Waals surface area contributed by atoms with Crippen LogP contribution in [0.3, 0.4) is 0 Å². The largest absolute Gasteiger partial charge is 0.255 e. The molecule has 0 amide bonds. The Morgan fingerprint density at radius 3 is 2.93 bits per heavy atom. The number of rotatable bonds is 1. The summed E-state index contributed by atoms with van der Waals surface area (Å²) in [5.41, 5.74) is 2.15. The molecule has 0 radical (unpaired) electrons. The summed E-state index contributed by atoms with van der Waals surface area (Å²) in [6.07, 6.45) is 3.83. The van der Waals surface area contributed by atoms with Crippen molar-refractivity contribution in [1.29, 1.82) is 0 Å². The van der Waals surface area contributed by atoms with Crippen molar-refractivity contribution in [3.8, 4) is 0 Å². The molecule has 3 heteroatoms. The summed E-state index contributed by atoms with van der Waals surface area (Å²) in [6.45, 7) is 2.10. The van der Waals surface area contributed by atoms with E-state index in [1.807, 2.05) is 12.1 Å². The standard InChI is InChI=1S/C11H10ClNS/c1-7-8-4-3-5-13-11(8)9(12)6-10(7)14-2/h3-6H,1-2H3. The van der Waals surface area contributed by atoms with Crippen LogP contribution in [0, 0.1) is 6.92 Å². The lowest BCUT2D eigenvalue weighted by atomic mass is 10.1. The summed E-state index contributed by atoms with van der Waals surface area (Å²) in [5.74, 6) is 0. The molecule has 0 bridgehead atoms. The minimum atomic E-state index is 0.732. The molecule has 14 heavy (non-hydrogen) atoms. The van der Waals surface area contributed by atoms with E-state index in [0.29, 0.717) is 0 Å². The predicted molar refractivity (Wildman–Crippen MR) is 63.3 cm³/mol. The zero-order chi connectivity index (χ0) is 10.1. The van der Waals surface area contributed by atoms with Gasteiger partial charge >= 0.3 is 0 Å². The third-order valence-electron chi connectivity index (χ3n) is 2.29. The van der Waals surface area contributed by atoms with Crippen molar-refractivity contribution in [2.24, 2.45) is 0 Å². The van der Waals surface area contributed by atoms with Crippen molar-refractivity contribution < 1.29 is 0 Å². The van der Waals surface area contributed by atoms with Gasteiger partial charge in [0.05, 0.1) is 10.5 Å². The number of hydrogen-bond donors (Lipinski definition) is 0. The fraction of sp³-hybridized carbons (Fsp3) is 0.182. The van der Waals surface area contributed by atoms with Crippen LogP contribution in [0.25, 0.3) is 10.9 Å². The average molecular weight is 224 g/mol. The first-order valence-corrected chi connectivity index (χ1v) is 5.92. The van der Waals surface area contributed by atoms with Gasteiger partial charge in [0, 0.05) is 16.5 Å². The first-order valence-electron chi connectivity index (χ1n) is 4.32. The Balaban J connectivity index is 2.87. The van der Waals surface area contributed by atoms with Crippen molar-refractivity contribution in [3.63, 3.8) is 0 Å².